The van der Waals surface area contributed by atoms with Crippen LogP contribution in [0, 0.1) is 5.92 Å². The fourth-order valence-electron chi connectivity index (χ4n) is 1.89. The van der Waals surface area contributed by atoms with E-state index in [4.69, 9.17) is 20.9 Å². The first-order valence-electron chi connectivity index (χ1n) is 6.21. The number of nitrogens with one attached hydrogen (secondary N) is 1. The molecule has 2 atom stereocenters. The average molecular weight is 279 g/mol. The number of nitrogens with two attached hydrogens (primary N) is 2. The predicted molar refractivity (Wildman–Crippen MR) is 72.0 cm³/mol. The van der Waals surface area contributed by atoms with E-state index in [0.29, 0.717) is 24.7 Å². The normalized spacial score (nSPS) is 21.4. The van der Waals surface area contributed by atoms with Crippen molar-refractivity contribution in [3.05, 3.63) is 24.3 Å². The quantitative estimate of drug-likeness (QED) is 0.669. The van der Waals surface area contributed by atoms with Gasteiger partial charge in [0.05, 0.1) is 19.1 Å². The topological polar surface area (TPSA) is 117 Å². The third kappa shape index (κ3) is 3.69. The Balaban J connectivity index is 1.96. The zero-order valence-corrected chi connectivity index (χ0v) is 10.9. The fourth-order valence-corrected chi connectivity index (χ4v) is 1.89. The van der Waals surface area contributed by atoms with Gasteiger partial charge in [-0.25, -0.2) is 0 Å². The van der Waals surface area contributed by atoms with Gasteiger partial charge in [-0.15, -0.1) is 0 Å². The number of ether oxygens (including phenoxy) is 2. The molecule has 0 aromatic heterocycles. The maximum absolute atomic E-state index is 12.0. The molecule has 1 aliphatic heterocycles. The van der Waals surface area contributed by atoms with Crippen LogP contribution in [0.1, 0.15) is 0 Å². The molecule has 5 N–H and O–H groups in total. The van der Waals surface area contributed by atoms with Crippen LogP contribution in [-0.2, 0) is 14.3 Å². The minimum absolute atomic E-state index is 0.193. The van der Waals surface area contributed by atoms with Gasteiger partial charge in [0.15, 0.2) is 6.61 Å². The molecule has 1 aromatic rings. The van der Waals surface area contributed by atoms with Crippen LogP contribution >= 0.6 is 0 Å². The smallest absolute Gasteiger partial charge is 0.255 e. The Labute approximate surface area is 116 Å². The van der Waals surface area contributed by atoms with E-state index in [-0.39, 0.29) is 24.5 Å². The van der Waals surface area contributed by atoms with Crippen molar-refractivity contribution >= 4 is 17.5 Å². The lowest BCUT2D eigenvalue weighted by atomic mass is 10.0. The molecule has 7 heteroatoms. The van der Waals surface area contributed by atoms with Crippen LogP contribution < -0.4 is 21.5 Å². The summed E-state index contributed by atoms with van der Waals surface area (Å²) in [6.07, 6.45) is 0. The number of carbonyl (C=O) groups is 2. The Kier molecular flexibility index (Phi) is 4.54. The van der Waals surface area contributed by atoms with Crippen molar-refractivity contribution < 1.29 is 19.1 Å². The summed E-state index contributed by atoms with van der Waals surface area (Å²) in [5.41, 5.74) is 11.3. The molecular formula is C13H17N3O4. The molecule has 1 aromatic carbocycles. The molecule has 2 unspecified atom stereocenters. The Morgan fingerprint density at radius 3 is 2.85 bits per heavy atom. The summed E-state index contributed by atoms with van der Waals surface area (Å²) in [5.74, 6) is -0.658. The molecule has 0 aliphatic carbocycles. The lowest BCUT2D eigenvalue weighted by molar-refractivity contribution is -0.120. The summed E-state index contributed by atoms with van der Waals surface area (Å²) in [5, 5.41) is 2.75. The van der Waals surface area contributed by atoms with Crippen LogP contribution in [0.3, 0.4) is 0 Å². The molecule has 1 fully saturated rings. The number of anilines is 1. The average Bonchev–Trinajstić information content (AvgIpc) is 2.83. The summed E-state index contributed by atoms with van der Waals surface area (Å²) < 4.78 is 10.3. The van der Waals surface area contributed by atoms with E-state index in [1.54, 1.807) is 24.3 Å². The SMILES string of the molecule is NC(=O)COc1cccc(NC(=O)C2COCC2N)c1. The molecule has 0 bridgehead atoms. The highest BCUT2D eigenvalue weighted by atomic mass is 16.5. The summed E-state index contributed by atoms with van der Waals surface area (Å²) in [7, 11) is 0. The number of benzene rings is 1. The van der Waals surface area contributed by atoms with Gasteiger partial charge in [0.25, 0.3) is 5.91 Å². The minimum Gasteiger partial charge on any atom is -0.484 e. The van der Waals surface area contributed by atoms with E-state index < -0.39 is 5.91 Å². The van der Waals surface area contributed by atoms with E-state index in [0.717, 1.165) is 0 Å². The van der Waals surface area contributed by atoms with Crippen LogP contribution in [0.25, 0.3) is 0 Å². The minimum atomic E-state index is -0.562. The first-order valence-corrected chi connectivity index (χ1v) is 6.21. The monoisotopic (exact) mass is 279 g/mol. The molecule has 1 saturated heterocycles. The molecule has 0 spiro atoms. The highest BCUT2D eigenvalue weighted by Crippen LogP contribution is 2.19. The Morgan fingerprint density at radius 1 is 1.40 bits per heavy atom. The molecule has 2 rings (SSSR count). The summed E-state index contributed by atoms with van der Waals surface area (Å²) in [6, 6.07) is 6.42. The van der Waals surface area contributed by atoms with E-state index >= 15 is 0 Å². The molecule has 108 valence electrons. The van der Waals surface area contributed by atoms with Gasteiger partial charge in [-0.05, 0) is 12.1 Å². The third-order valence-electron chi connectivity index (χ3n) is 2.94. The van der Waals surface area contributed by atoms with Gasteiger partial charge in [0, 0.05) is 17.8 Å². The van der Waals surface area contributed by atoms with E-state index in [9.17, 15) is 9.59 Å². The second-order valence-corrected chi connectivity index (χ2v) is 4.58. The number of rotatable bonds is 5. The Bertz CT molecular complexity index is 506. The Hall–Kier alpha value is -2.12. The fraction of sp³-hybridized carbons (Fsp3) is 0.385. The van der Waals surface area contributed by atoms with E-state index in [1.165, 1.54) is 0 Å². The summed E-state index contributed by atoms with van der Waals surface area (Å²) in [6.45, 7) is 0.503. The van der Waals surface area contributed by atoms with Crippen LogP contribution in [0.15, 0.2) is 24.3 Å². The lowest BCUT2D eigenvalue weighted by Crippen LogP contribution is -2.37. The van der Waals surface area contributed by atoms with Crippen LogP contribution in [0.2, 0.25) is 0 Å². The van der Waals surface area contributed by atoms with Crippen molar-refractivity contribution in [3.8, 4) is 5.75 Å². The summed E-state index contributed by atoms with van der Waals surface area (Å²) >= 11 is 0. The highest BCUT2D eigenvalue weighted by Gasteiger charge is 2.31. The van der Waals surface area contributed by atoms with Gasteiger partial charge in [-0.3, -0.25) is 9.59 Å². The molecule has 1 aliphatic rings. The number of hydrogen-bond donors (Lipinski definition) is 3. The van der Waals surface area contributed by atoms with Gasteiger partial charge in [-0.1, -0.05) is 6.07 Å². The van der Waals surface area contributed by atoms with Crippen LogP contribution in [-0.4, -0.2) is 37.7 Å². The molecule has 7 nitrogen and oxygen atoms in total. The van der Waals surface area contributed by atoms with Crippen molar-refractivity contribution in [2.45, 2.75) is 6.04 Å². The molecule has 0 radical (unpaired) electrons. The highest BCUT2D eigenvalue weighted by molar-refractivity contribution is 5.93. The van der Waals surface area contributed by atoms with Gasteiger partial charge in [0.1, 0.15) is 5.75 Å². The second-order valence-electron chi connectivity index (χ2n) is 4.58. The number of hydrogen-bond acceptors (Lipinski definition) is 5. The first kappa shape index (κ1) is 14.3. The molecule has 0 saturated carbocycles. The number of primary amides is 1. The third-order valence-corrected chi connectivity index (χ3v) is 2.94. The molecule has 2 amide bonds. The van der Waals surface area contributed by atoms with Crippen molar-refractivity contribution in [1.29, 1.82) is 0 Å². The number of carbonyl (C=O) groups excluding carboxylic acids is 2. The van der Waals surface area contributed by atoms with Gasteiger partial charge < -0.3 is 26.3 Å². The predicted octanol–water partition coefficient (Wildman–Crippen LogP) is -0.537. The molecule has 1 heterocycles. The van der Waals surface area contributed by atoms with Crippen molar-refractivity contribution in [3.63, 3.8) is 0 Å². The maximum atomic E-state index is 12.0. The maximum Gasteiger partial charge on any atom is 0.255 e. The standard InChI is InChI=1S/C13H17N3O4/c14-11-6-19-5-10(11)13(18)16-8-2-1-3-9(4-8)20-7-12(15)17/h1-4,10-11H,5-7,14H2,(H2,15,17)(H,16,18). The molecular weight excluding hydrogens is 262 g/mol. The number of amides is 2. The first-order chi connectivity index (χ1) is 9.56. The Morgan fingerprint density at radius 2 is 2.20 bits per heavy atom. The lowest BCUT2D eigenvalue weighted by Gasteiger charge is -2.14. The summed E-state index contributed by atoms with van der Waals surface area (Å²) in [4.78, 5) is 22.7. The van der Waals surface area contributed by atoms with E-state index in [1.807, 2.05) is 0 Å². The zero-order valence-electron chi connectivity index (χ0n) is 10.9. The second kappa shape index (κ2) is 6.36. The van der Waals surface area contributed by atoms with Gasteiger partial charge >= 0.3 is 0 Å². The van der Waals surface area contributed by atoms with Crippen LogP contribution in [0.4, 0.5) is 5.69 Å². The largest absolute Gasteiger partial charge is 0.484 e. The van der Waals surface area contributed by atoms with Crippen molar-refractivity contribution in [1.82, 2.24) is 0 Å². The van der Waals surface area contributed by atoms with Crippen molar-refractivity contribution in [2.75, 3.05) is 25.1 Å². The van der Waals surface area contributed by atoms with Gasteiger partial charge in [-0.2, -0.15) is 0 Å². The van der Waals surface area contributed by atoms with Crippen LogP contribution in [0.5, 0.6) is 5.75 Å². The van der Waals surface area contributed by atoms with E-state index in [2.05, 4.69) is 5.32 Å². The van der Waals surface area contributed by atoms with Crippen molar-refractivity contribution in [2.24, 2.45) is 17.4 Å². The van der Waals surface area contributed by atoms with Gasteiger partial charge in [0.2, 0.25) is 5.91 Å². The molecule has 20 heavy (non-hydrogen) atoms. The zero-order chi connectivity index (χ0) is 14.5.